The Morgan fingerprint density at radius 2 is 2.12 bits per heavy atom. The molecule has 1 saturated heterocycles. The van der Waals surface area contributed by atoms with Crippen LogP contribution in [0, 0.1) is 18.6 Å². The maximum absolute atomic E-state index is 15.0. The Bertz CT molecular complexity index is 1260. The highest BCUT2D eigenvalue weighted by Gasteiger charge is 2.32. The first kappa shape index (κ1) is 23.8. The van der Waals surface area contributed by atoms with Crippen molar-refractivity contribution in [3.8, 4) is 0 Å². The van der Waals surface area contributed by atoms with Gasteiger partial charge in [0, 0.05) is 50.3 Å². The van der Waals surface area contributed by atoms with Gasteiger partial charge in [-0.1, -0.05) is 41.4 Å². The fourth-order valence-corrected chi connectivity index (χ4v) is 6.13. The SMILES string of the molecule is Cc1cccc(CN2CC[C@H](N(C)c3cc(F)c(S(=O)(=O)Nc4ncns4)c(F)c3Cl)C2)c1. The molecule has 1 N–H and O–H groups in total. The number of nitrogens with one attached hydrogen (secondary N) is 1. The van der Waals surface area contributed by atoms with E-state index in [0.717, 1.165) is 43.4 Å². The molecule has 0 bridgehead atoms. The topological polar surface area (TPSA) is 78.4 Å². The number of likely N-dealkylation sites (N-methyl/N-ethyl adjacent to an activating group) is 1. The number of aromatic nitrogens is 2. The third-order valence-corrected chi connectivity index (χ3v) is 8.06. The smallest absolute Gasteiger partial charge is 0.269 e. The molecule has 3 aromatic rings. The van der Waals surface area contributed by atoms with Crippen LogP contribution >= 0.6 is 23.1 Å². The van der Waals surface area contributed by atoms with Crippen molar-refractivity contribution in [3.63, 3.8) is 0 Å². The Balaban J connectivity index is 1.53. The maximum atomic E-state index is 15.0. The fraction of sp³-hybridized carbons (Fsp3) is 0.333. The first-order chi connectivity index (χ1) is 15.7. The molecule has 7 nitrogen and oxygen atoms in total. The van der Waals surface area contributed by atoms with Crippen LogP contribution in [-0.4, -0.2) is 48.9 Å². The van der Waals surface area contributed by atoms with Crippen LogP contribution in [-0.2, 0) is 16.6 Å². The van der Waals surface area contributed by atoms with E-state index in [-0.39, 0.29) is 16.9 Å². The Kier molecular flexibility index (Phi) is 6.85. The molecule has 0 amide bonds. The maximum Gasteiger partial charge on any atom is 0.269 e. The Morgan fingerprint density at radius 3 is 2.82 bits per heavy atom. The van der Waals surface area contributed by atoms with Crippen LogP contribution in [0.3, 0.4) is 0 Å². The van der Waals surface area contributed by atoms with Gasteiger partial charge in [0.2, 0.25) is 5.13 Å². The molecule has 0 unspecified atom stereocenters. The number of sulfonamides is 1. The number of halogens is 3. The van der Waals surface area contributed by atoms with Crippen LogP contribution in [0.15, 0.2) is 41.6 Å². The zero-order valence-corrected chi connectivity index (χ0v) is 20.3. The van der Waals surface area contributed by atoms with Crippen LogP contribution in [0.4, 0.5) is 19.6 Å². The van der Waals surface area contributed by atoms with E-state index in [1.165, 1.54) is 11.1 Å². The Morgan fingerprint density at radius 1 is 1.33 bits per heavy atom. The Labute approximate surface area is 200 Å². The molecule has 1 aromatic heterocycles. The second-order valence-electron chi connectivity index (χ2n) is 7.96. The molecule has 1 fully saturated rings. The molecule has 12 heteroatoms. The third kappa shape index (κ3) is 5.11. The summed E-state index contributed by atoms with van der Waals surface area (Å²) in [4.78, 5) is 6.50. The summed E-state index contributed by atoms with van der Waals surface area (Å²) in [7, 11) is -2.88. The highest BCUT2D eigenvalue weighted by Crippen LogP contribution is 2.36. The number of nitrogens with zero attached hydrogens (tertiary/aromatic N) is 4. The van der Waals surface area contributed by atoms with Gasteiger partial charge in [-0.2, -0.15) is 4.37 Å². The minimum Gasteiger partial charge on any atom is -0.369 e. The van der Waals surface area contributed by atoms with Crippen LogP contribution in [0.25, 0.3) is 0 Å². The van der Waals surface area contributed by atoms with Gasteiger partial charge in [-0.05, 0) is 18.9 Å². The van der Waals surface area contributed by atoms with E-state index in [0.29, 0.717) is 6.54 Å². The summed E-state index contributed by atoms with van der Waals surface area (Å²) in [6, 6.07) is 9.19. The molecule has 176 valence electrons. The van der Waals surface area contributed by atoms with E-state index in [1.807, 2.05) is 23.8 Å². The lowest BCUT2D eigenvalue weighted by molar-refractivity contribution is 0.326. The predicted octanol–water partition coefficient (Wildman–Crippen LogP) is 4.29. The molecule has 1 aliphatic rings. The van der Waals surface area contributed by atoms with Gasteiger partial charge in [0.1, 0.15) is 17.2 Å². The Hall–Kier alpha value is -2.34. The minimum atomic E-state index is -4.58. The van der Waals surface area contributed by atoms with Crippen LogP contribution in [0.5, 0.6) is 0 Å². The van der Waals surface area contributed by atoms with Gasteiger partial charge in [-0.3, -0.25) is 9.62 Å². The van der Waals surface area contributed by atoms with E-state index < -0.39 is 31.6 Å². The van der Waals surface area contributed by atoms with E-state index in [2.05, 4.69) is 26.4 Å². The van der Waals surface area contributed by atoms with Crippen molar-refractivity contribution in [2.75, 3.05) is 29.8 Å². The van der Waals surface area contributed by atoms with Crippen molar-refractivity contribution in [2.45, 2.75) is 30.8 Å². The number of hydrogen-bond acceptors (Lipinski definition) is 7. The summed E-state index contributed by atoms with van der Waals surface area (Å²) in [6.07, 6.45) is 1.91. The van der Waals surface area contributed by atoms with Crippen molar-refractivity contribution >= 4 is 44.0 Å². The van der Waals surface area contributed by atoms with Crippen molar-refractivity contribution in [3.05, 3.63) is 64.4 Å². The van der Waals surface area contributed by atoms with Gasteiger partial charge in [0.05, 0.1) is 5.69 Å². The average Bonchev–Trinajstić information content (AvgIpc) is 3.42. The molecule has 2 aromatic carbocycles. The monoisotopic (exact) mass is 513 g/mol. The first-order valence-corrected chi connectivity index (χ1v) is 12.8. The molecular weight excluding hydrogens is 492 g/mol. The molecule has 0 radical (unpaired) electrons. The second kappa shape index (κ2) is 9.49. The highest BCUT2D eigenvalue weighted by atomic mass is 35.5. The summed E-state index contributed by atoms with van der Waals surface area (Å²) >= 11 is 6.95. The van der Waals surface area contributed by atoms with Crippen LogP contribution < -0.4 is 9.62 Å². The van der Waals surface area contributed by atoms with Crippen molar-refractivity contribution < 1.29 is 17.2 Å². The van der Waals surface area contributed by atoms with E-state index >= 15 is 4.39 Å². The van der Waals surface area contributed by atoms with Gasteiger partial charge in [-0.25, -0.2) is 22.2 Å². The van der Waals surface area contributed by atoms with Gasteiger partial charge >= 0.3 is 0 Å². The number of rotatable bonds is 7. The molecule has 0 aliphatic carbocycles. The summed E-state index contributed by atoms with van der Waals surface area (Å²) in [5.74, 6) is -2.57. The molecule has 1 atom stereocenters. The van der Waals surface area contributed by atoms with Crippen LogP contribution in [0.1, 0.15) is 17.5 Å². The van der Waals surface area contributed by atoms with E-state index in [4.69, 9.17) is 11.6 Å². The van der Waals surface area contributed by atoms with Crippen molar-refractivity contribution in [2.24, 2.45) is 0 Å². The second-order valence-corrected chi connectivity index (χ2v) is 10.7. The van der Waals surface area contributed by atoms with Crippen LogP contribution in [0.2, 0.25) is 5.02 Å². The molecule has 2 heterocycles. The van der Waals surface area contributed by atoms with E-state index in [9.17, 15) is 12.8 Å². The van der Waals surface area contributed by atoms with Gasteiger partial charge in [0.15, 0.2) is 10.7 Å². The standard InChI is InChI=1S/C21H22ClF2N5O2S2/c1-13-4-3-5-14(8-13)10-29-7-6-15(11-29)28(2)17-9-16(23)20(19(24)18(17)22)33(30,31)27-21-25-12-26-32-21/h3-5,8-9,12,15H,6-7,10-11H2,1-2H3,(H,25,26,27)/t15-/m0/s1. The first-order valence-electron chi connectivity index (χ1n) is 10.1. The van der Waals surface area contributed by atoms with Gasteiger partial charge in [-0.15, -0.1) is 0 Å². The number of aryl methyl sites for hydroxylation is 1. The summed E-state index contributed by atoms with van der Waals surface area (Å²) in [6.45, 7) is 4.33. The zero-order chi connectivity index (χ0) is 23.8. The summed E-state index contributed by atoms with van der Waals surface area (Å²) in [5.41, 5.74) is 2.49. The van der Waals surface area contributed by atoms with Crippen molar-refractivity contribution in [1.82, 2.24) is 14.3 Å². The lowest BCUT2D eigenvalue weighted by Gasteiger charge is -2.28. The van der Waals surface area contributed by atoms with Crippen molar-refractivity contribution in [1.29, 1.82) is 0 Å². The molecule has 4 rings (SSSR count). The summed E-state index contributed by atoms with van der Waals surface area (Å²) < 4.78 is 60.7. The van der Waals surface area contributed by atoms with Gasteiger partial charge in [0.25, 0.3) is 10.0 Å². The average molecular weight is 514 g/mol. The lowest BCUT2D eigenvalue weighted by Crippen LogP contribution is -2.35. The molecule has 0 spiro atoms. The lowest BCUT2D eigenvalue weighted by atomic mass is 10.1. The highest BCUT2D eigenvalue weighted by molar-refractivity contribution is 7.93. The number of benzene rings is 2. The molecule has 33 heavy (non-hydrogen) atoms. The normalized spacial score (nSPS) is 16.8. The zero-order valence-electron chi connectivity index (χ0n) is 17.9. The quantitative estimate of drug-likeness (QED) is 0.475. The largest absolute Gasteiger partial charge is 0.369 e. The fourth-order valence-electron chi connectivity index (χ4n) is 3.99. The molecule has 1 aliphatic heterocycles. The number of hydrogen-bond donors (Lipinski definition) is 1. The number of likely N-dealkylation sites (tertiary alicyclic amines) is 1. The summed E-state index contributed by atoms with van der Waals surface area (Å²) in [5, 5.41) is -0.556. The molecular formula is C21H22ClF2N5O2S2. The number of anilines is 2. The van der Waals surface area contributed by atoms with E-state index in [1.54, 1.807) is 11.9 Å². The predicted molar refractivity (Wildman–Crippen MR) is 125 cm³/mol. The molecule has 0 saturated carbocycles. The third-order valence-electron chi connectivity index (χ3n) is 5.61. The van der Waals surface area contributed by atoms with Gasteiger partial charge < -0.3 is 4.90 Å². The minimum absolute atomic E-state index is 0.0342.